The Balaban J connectivity index is 0.000000196. The van der Waals surface area contributed by atoms with Gasteiger partial charge in [0.2, 0.25) is 17.6 Å². The summed E-state index contributed by atoms with van der Waals surface area (Å²) in [5.74, 6) is 2.44. The number of rotatable bonds is 41. The highest BCUT2D eigenvalue weighted by molar-refractivity contribution is 6.74. The molecule has 0 bridgehead atoms. The molecule has 0 radical (unpaired) electrons. The van der Waals surface area contributed by atoms with E-state index in [2.05, 4.69) is 107 Å². The van der Waals surface area contributed by atoms with Crippen molar-refractivity contribution in [2.75, 3.05) is 128 Å². The van der Waals surface area contributed by atoms with E-state index in [4.69, 9.17) is 148 Å². The van der Waals surface area contributed by atoms with E-state index in [0.717, 1.165) is 110 Å². The number of aryl methyl sites for hydroxylation is 2. The molecule has 3 aliphatic heterocycles. The van der Waals surface area contributed by atoms with Crippen molar-refractivity contribution in [1.29, 1.82) is 0 Å². The van der Waals surface area contributed by atoms with E-state index in [1.807, 2.05) is 103 Å². The number of nitrogens with two attached hydrogens (primary N) is 1. The van der Waals surface area contributed by atoms with Gasteiger partial charge in [0.05, 0.1) is 139 Å². The van der Waals surface area contributed by atoms with Gasteiger partial charge in [0.25, 0.3) is 0 Å². The van der Waals surface area contributed by atoms with E-state index >= 15 is 0 Å². The van der Waals surface area contributed by atoms with Gasteiger partial charge in [-0.3, -0.25) is 43.8 Å². The number of unbranched alkanes of at least 4 members (excludes halogenated alkanes) is 2. The van der Waals surface area contributed by atoms with Crippen molar-refractivity contribution in [3.63, 3.8) is 0 Å². The summed E-state index contributed by atoms with van der Waals surface area (Å²) in [5.41, 5.74) is 22.4. The highest BCUT2D eigenvalue weighted by Gasteiger charge is 2.40. The second-order valence-corrected chi connectivity index (χ2v) is 51.5. The Morgan fingerprint density at radius 2 is 0.680 bits per heavy atom. The number of β-amino-alcohol motifs (C(OH)–C–C–N with tert-alkyl or cyclic N) is 1. The Hall–Kier alpha value is -10.7. The summed E-state index contributed by atoms with van der Waals surface area (Å²) in [4.78, 5) is 101. The second-order valence-electron chi connectivity index (χ2n) is 39.6. The maximum atomic E-state index is 13.8. The predicted octanol–water partition coefficient (Wildman–Crippen LogP) is 21.4. The lowest BCUT2D eigenvalue weighted by Crippen LogP contribution is -2.43. The van der Waals surface area contributed by atoms with Gasteiger partial charge in [-0.25, -0.2) is 34.9 Å². The fourth-order valence-electron chi connectivity index (χ4n) is 17.3. The summed E-state index contributed by atoms with van der Waals surface area (Å²) in [6.07, 6.45) is 12.0. The number of carbonyl (C=O) groups excluding carboxylic acids is 4. The molecule has 6 aromatic heterocycles. The van der Waals surface area contributed by atoms with Crippen LogP contribution in [0.2, 0.25) is 66.4 Å². The van der Waals surface area contributed by atoms with Crippen LogP contribution >= 0.6 is 69.6 Å². The number of aldehydes is 1. The molecule has 15 rings (SSSR count). The first-order valence-electron chi connectivity index (χ1n) is 50.1. The summed E-state index contributed by atoms with van der Waals surface area (Å²) in [6.45, 7) is 31.1. The van der Waals surface area contributed by atoms with Crippen LogP contribution in [0.4, 0.5) is 0 Å². The minimum absolute atomic E-state index is 0.0405. The van der Waals surface area contributed by atoms with Gasteiger partial charge in [-0.1, -0.05) is 220 Å². The number of halogens is 6. The van der Waals surface area contributed by atoms with Crippen molar-refractivity contribution in [1.82, 2.24) is 59.6 Å². The molecule has 29 nitrogen and oxygen atoms in total. The molecule has 0 saturated carbocycles. The number of aliphatic hydroxyl groups excluding tert-OH is 4. The number of hydrogen-bond acceptors (Lipinski definition) is 29. The first kappa shape index (κ1) is 118. The van der Waals surface area contributed by atoms with Crippen LogP contribution in [0.15, 0.2) is 146 Å². The van der Waals surface area contributed by atoms with Gasteiger partial charge in [-0.15, -0.1) is 0 Å². The van der Waals surface area contributed by atoms with Gasteiger partial charge in [0.1, 0.15) is 45.7 Å². The third-order valence-corrected chi connectivity index (χ3v) is 39.4. The number of aliphatic hydroxyl groups is 4. The van der Waals surface area contributed by atoms with Crippen LogP contribution < -0.4 is 34.2 Å². The molecule has 0 spiro atoms. The average molecular weight is 2200 g/mol. The summed E-state index contributed by atoms with van der Waals surface area (Å²) in [5, 5.41) is 38.3. The molecule has 0 fully saturated rings. The van der Waals surface area contributed by atoms with Gasteiger partial charge >= 0.3 is 0 Å². The molecule has 9 heterocycles. The summed E-state index contributed by atoms with van der Waals surface area (Å²) >= 11 is 41.9. The number of benzene rings is 6. The molecule has 3 aliphatic rings. The molecule has 150 heavy (non-hydrogen) atoms. The van der Waals surface area contributed by atoms with Crippen molar-refractivity contribution < 1.29 is 76.9 Å². The molecular weight excluding hydrogens is 2060 g/mol. The van der Waals surface area contributed by atoms with E-state index in [1.54, 1.807) is 72.2 Å². The number of methoxy groups -OCH3 is 6. The van der Waals surface area contributed by atoms with Crippen LogP contribution in [0.1, 0.15) is 171 Å². The largest absolute Gasteiger partial charge is 0.496 e. The number of ether oxygens (including phenoxy) is 6. The first-order chi connectivity index (χ1) is 71.8. The number of ketones is 3. The molecule has 6 aromatic carbocycles. The zero-order valence-corrected chi connectivity index (χ0v) is 94.7. The van der Waals surface area contributed by atoms with Gasteiger partial charge in [0.15, 0.2) is 46.0 Å². The Morgan fingerprint density at radius 1 is 0.387 bits per heavy atom. The number of aromatic nitrogens is 9. The highest BCUT2D eigenvalue weighted by Crippen LogP contribution is 2.47. The number of Topliss-reactive ketones (excluding diaryl/α,β-unsaturated/α-hetero) is 3. The van der Waals surface area contributed by atoms with Crippen LogP contribution in [0.3, 0.4) is 0 Å². The Morgan fingerprint density at radius 3 is 0.967 bits per heavy atom. The standard InChI is InChI=1S/C40H50Cl2N4O5Si.C37H42Cl2N4O5Si.C34H36Cl2N4O5.C2H7NO/c1-40(2,3)52(6,7)51-21-19-46-18-17-29-34(25-46)44-32(23-36(29)49-4)35(48)22-26-12-10-13-27(37(26)41)28-14-11-15-30(38(28)42)33-24-43-31(16-8-9-20-47)39(45-33)50-5;1-37(2,3)49(6,7)48-17-16-43-15-14-26-30(21-43)41-28(19-33(26)46-4)32(45)18-23-10-8-11-24(34(23)38)25-12-9-13-27(35(25)39)29-20-40-31(22-44)36(42-29)47-5;1-44-31-18-27(38-29-20-40(14-16-42)13-12-24(29)31)30(43)17-21-7-5-8-22(32(21)35)23-9-6-10-25(33(23)36)28-19-37-26(11-3-4-15-41)34(39-28)45-2;3-1-2-4/h10-15,23-24,47H,8-9,16-22,25H2,1-7H3;8-13,19-20,22H,14-18,21H2,1-7H3;5-10,18-19,41-42H,3-4,11-17,20H2,1-2H3;4H,1-3H2. The maximum Gasteiger partial charge on any atom is 0.243 e. The van der Waals surface area contributed by atoms with Crippen molar-refractivity contribution in [2.45, 2.75) is 174 Å². The van der Waals surface area contributed by atoms with Crippen molar-refractivity contribution in [2.24, 2.45) is 5.73 Å². The summed E-state index contributed by atoms with van der Waals surface area (Å²) in [6, 6.07) is 38.6. The molecule has 6 N–H and O–H groups in total. The van der Waals surface area contributed by atoms with Crippen LogP contribution in [0.5, 0.6) is 34.9 Å². The van der Waals surface area contributed by atoms with Crippen LogP contribution in [-0.2, 0) is 79.9 Å². The minimum Gasteiger partial charge on any atom is -0.496 e. The average Bonchev–Trinajstić information content (AvgIpc) is 0.785. The molecule has 0 saturated heterocycles. The van der Waals surface area contributed by atoms with Gasteiger partial charge in [0, 0.05) is 196 Å². The number of pyridine rings is 3. The third-order valence-electron chi connectivity index (χ3n) is 27.8. The fraction of sp³-hybridized carbons (Fsp3) is 0.407. The van der Waals surface area contributed by atoms with Gasteiger partial charge < -0.3 is 63.4 Å². The maximum absolute atomic E-state index is 13.8. The fourth-order valence-corrected chi connectivity index (χ4v) is 21.2. The molecule has 798 valence electrons. The van der Waals surface area contributed by atoms with Crippen molar-refractivity contribution >= 4 is 110 Å². The number of nitrogens with zero attached hydrogens (tertiary/aromatic N) is 12. The van der Waals surface area contributed by atoms with E-state index in [0.29, 0.717) is 238 Å². The Bertz CT molecular complexity index is 6760. The molecule has 12 aromatic rings. The SMILES string of the molecule is COc1cc(C(=O)Cc2cccc(-c3cccc(-c4cnc(C=O)c(OC)n4)c3Cl)c2Cl)nc2c1CCN(CCO[Si](C)(C)C(C)(C)C)C2.COc1cc(C(=O)Cc2cccc(-c3cccc(-c4cnc(CCCCO)c(OC)n4)c3Cl)c2Cl)nc2c1CCN(CCO)C2.COc1cc(C(=O)Cc2cccc(-c3cccc(-c4cnc(CCCCO)c(OC)n4)c3Cl)c2Cl)nc2c1CCN(CCO[Si](C)(C)C(C)(C)C)C2.NCCO. The highest BCUT2D eigenvalue weighted by atomic mass is 35.5. The lowest BCUT2D eigenvalue weighted by molar-refractivity contribution is 0.0979. The van der Waals surface area contributed by atoms with Crippen molar-refractivity contribution in [3.8, 4) is 102 Å². The van der Waals surface area contributed by atoms with Gasteiger partial charge in [-0.05, 0) is 111 Å². The van der Waals surface area contributed by atoms with E-state index in [1.165, 1.54) is 13.3 Å². The van der Waals surface area contributed by atoms with Crippen LogP contribution in [0, 0.1) is 0 Å². The monoisotopic (exact) mass is 2200 g/mol. The molecule has 0 unspecified atom stereocenters. The smallest absolute Gasteiger partial charge is 0.243 e. The van der Waals surface area contributed by atoms with Crippen LogP contribution in [-0.4, -0.2) is 248 Å². The zero-order valence-electron chi connectivity index (χ0n) is 88.1. The number of carbonyl (C=O) groups is 4. The molecular formula is C113H135Cl6N13O16Si2. The molecule has 37 heteroatoms. The predicted molar refractivity (Wildman–Crippen MR) is 597 cm³/mol. The zero-order chi connectivity index (χ0) is 108. The minimum atomic E-state index is -1.84. The lowest BCUT2D eigenvalue weighted by Gasteiger charge is -2.37. The van der Waals surface area contributed by atoms with Crippen LogP contribution in [0.25, 0.3) is 67.2 Å². The normalized spacial score (nSPS) is 13.2. The van der Waals surface area contributed by atoms with Crippen molar-refractivity contribution in [3.05, 3.63) is 261 Å². The van der Waals surface area contributed by atoms with Gasteiger partial charge in [-0.2, -0.15) is 0 Å². The van der Waals surface area contributed by atoms with E-state index < -0.39 is 16.6 Å². The summed E-state index contributed by atoms with van der Waals surface area (Å²) < 4.78 is 46.2. The first-order valence-corrected chi connectivity index (χ1v) is 58.2. The molecule has 0 amide bonds. The van der Waals surface area contributed by atoms with E-state index in [-0.39, 0.29) is 84.7 Å². The van der Waals surface area contributed by atoms with E-state index in [9.17, 15) is 24.3 Å². The second kappa shape index (κ2) is 54.7. The lowest BCUT2D eigenvalue weighted by atomic mass is 9.97. The summed E-state index contributed by atoms with van der Waals surface area (Å²) in [7, 11) is 5.70. The number of fused-ring (bicyclic) bond motifs is 3. The Labute approximate surface area is 910 Å². The topological polar surface area (TPSA) is 375 Å². The molecule has 0 aliphatic carbocycles. The quantitative estimate of drug-likeness (QED) is 0.0103. The molecule has 0 atom stereocenters. The Kier molecular flexibility index (Phi) is 43.0. The number of hydrogen-bond donors (Lipinski definition) is 5. The third kappa shape index (κ3) is 29.2.